The van der Waals surface area contributed by atoms with Crippen molar-refractivity contribution < 1.29 is 4.79 Å². The van der Waals surface area contributed by atoms with Crippen molar-refractivity contribution in [2.75, 3.05) is 36.4 Å². The topological polar surface area (TPSA) is 85.7 Å². The minimum atomic E-state index is -0.469. The molecule has 0 unspecified atom stereocenters. The van der Waals surface area contributed by atoms with Gasteiger partial charge in [-0.3, -0.25) is 5.32 Å². The molecule has 182 valence electrons. The third-order valence-corrected chi connectivity index (χ3v) is 6.31. The van der Waals surface area contributed by atoms with Crippen LogP contribution in [-0.2, 0) is 0 Å². The zero-order chi connectivity index (χ0) is 24.9. The number of hydrogen-bond donors (Lipinski definition) is 2. The number of hydrogen-bond acceptors (Lipinski definition) is 5. The highest BCUT2D eigenvalue weighted by Crippen LogP contribution is 2.25. The number of carbonyl (C=O) groups excluding carboxylic acids is 1. The van der Waals surface area contributed by atoms with Crippen LogP contribution in [-0.4, -0.2) is 53.0 Å². The fraction of sp³-hybridized carbons (Fsp3) is 0.250. The number of aromatic nitrogens is 2. The lowest BCUT2D eigenvalue weighted by molar-refractivity contribution is 0.254. The van der Waals surface area contributed by atoms with Crippen molar-refractivity contribution in [3.63, 3.8) is 0 Å². The molecule has 4 rings (SSSR count). The molecule has 1 saturated heterocycles. The van der Waals surface area contributed by atoms with Crippen LogP contribution in [0.5, 0.6) is 0 Å². The van der Waals surface area contributed by atoms with Gasteiger partial charge in [-0.1, -0.05) is 40.9 Å². The van der Waals surface area contributed by atoms with E-state index in [1.807, 2.05) is 49.1 Å². The van der Waals surface area contributed by atoms with E-state index >= 15 is 0 Å². The Morgan fingerprint density at radius 3 is 2.29 bits per heavy atom. The number of guanidine groups is 1. The van der Waals surface area contributed by atoms with Gasteiger partial charge in [-0.2, -0.15) is 4.99 Å². The number of piperazine rings is 1. The van der Waals surface area contributed by atoms with Crippen LogP contribution in [0.1, 0.15) is 11.4 Å². The van der Waals surface area contributed by atoms with Gasteiger partial charge in [0, 0.05) is 54.0 Å². The van der Waals surface area contributed by atoms with Gasteiger partial charge in [-0.15, -0.1) is 0 Å². The van der Waals surface area contributed by atoms with E-state index in [9.17, 15) is 4.79 Å². The summed E-state index contributed by atoms with van der Waals surface area (Å²) < 4.78 is 0. The first-order valence-corrected chi connectivity index (χ1v) is 12.1. The molecule has 8 nitrogen and oxygen atoms in total. The largest absolute Gasteiger partial charge is 0.368 e. The number of aliphatic imine (C=N–C) groups is 1. The molecule has 0 aliphatic carbocycles. The van der Waals surface area contributed by atoms with Gasteiger partial charge < -0.3 is 15.1 Å². The smallest absolute Gasteiger partial charge is 0.326 e. The molecular formula is C24H24Cl3N7O. The van der Waals surface area contributed by atoms with Gasteiger partial charge in [-0.25, -0.2) is 14.8 Å². The van der Waals surface area contributed by atoms with Crippen molar-refractivity contribution >= 4 is 64.1 Å². The van der Waals surface area contributed by atoms with E-state index in [1.165, 1.54) is 0 Å². The Kier molecular flexibility index (Phi) is 7.95. The summed E-state index contributed by atoms with van der Waals surface area (Å²) >= 11 is 18.2. The first-order valence-electron chi connectivity index (χ1n) is 11.0. The van der Waals surface area contributed by atoms with Gasteiger partial charge in [0.05, 0.1) is 10.0 Å². The lowest BCUT2D eigenvalue weighted by Crippen LogP contribution is -2.54. The molecule has 0 spiro atoms. The number of carbonyl (C=O) groups is 1. The lowest BCUT2D eigenvalue weighted by atomic mass is 10.2. The average Bonchev–Trinajstić information content (AvgIpc) is 2.80. The zero-order valence-corrected chi connectivity index (χ0v) is 21.5. The Balaban J connectivity index is 1.53. The maximum absolute atomic E-state index is 12.8. The second-order valence-electron chi connectivity index (χ2n) is 8.05. The molecule has 2 N–H and O–H groups in total. The van der Waals surface area contributed by atoms with Gasteiger partial charge in [0.2, 0.25) is 5.96 Å². The fourth-order valence-corrected chi connectivity index (χ4v) is 4.20. The monoisotopic (exact) mass is 531 g/mol. The van der Waals surface area contributed by atoms with Crippen molar-refractivity contribution in [3.8, 4) is 0 Å². The molecule has 1 aromatic heterocycles. The first kappa shape index (κ1) is 25.0. The van der Waals surface area contributed by atoms with E-state index in [2.05, 4.69) is 30.5 Å². The SMILES string of the molecule is Cc1cc(C)nc(/N=C(/NC(=O)Nc2ccc(Cl)c(Cl)c2)N2CCN(c3cccc(Cl)c3)CC2)n1. The molecule has 0 bridgehead atoms. The van der Waals surface area contributed by atoms with Crippen LogP contribution in [0.15, 0.2) is 53.5 Å². The number of urea groups is 1. The minimum absolute atomic E-state index is 0.282. The van der Waals surface area contributed by atoms with Gasteiger partial charge in [0.25, 0.3) is 5.95 Å². The summed E-state index contributed by atoms with van der Waals surface area (Å²) in [5, 5.41) is 7.06. The van der Waals surface area contributed by atoms with Gasteiger partial charge in [0.15, 0.2) is 0 Å². The van der Waals surface area contributed by atoms with Crippen molar-refractivity contribution in [3.05, 3.63) is 75.0 Å². The summed E-state index contributed by atoms with van der Waals surface area (Å²) in [5.74, 6) is 0.642. The summed E-state index contributed by atoms with van der Waals surface area (Å²) in [5.41, 5.74) is 3.14. The van der Waals surface area contributed by atoms with Gasteiger partial charge >= 0.3 is 6.03 Å². The van der Waals surface area contributed by atoms with Gasteiger partial charge in [-0.05, 0) is 56.3 Å². The summed E-state index contributed by atoms with van der Waals surface area (Å²) in [7, 11) is 0. The Hall–Kier alpha value is -3.07. The molecule has 2 amide bonds. The molecule has 0 saturated carbocycles. The van der Waals surface area contributed by atoms with E-state index in [1.54, 1.807) is 18.2 Å². The van der Waals surface area contributed by atoms with Crippen LogP contribution < -0.4 is 15.5 Å². The fourth-order valence-electron chi connectivity index (χ4n) is 3.72. The highest BCUT2D eigenvalue weighted by Gasteiger charge is 2.22. The van der Waals surface area contributed by atoms with Crippen LogP contribution in [0.25, 0.3) is 0 Å². The van der Waals surface area contributed by atoms with Crippen LogP contribution >= 0.6 is 34.8 Å². The standard InChI is InChI=1S/C24H24Cl3N7O/c1-15-12-16(2)29-22(28-15)31-23(32-24(35)30-18-6-7-20(26)21(27)14-18)34-10-8-33(9-11-34)19-5-3-4-17(25)13-19/h3-7,12-14H,8-11H2,1-2H3,(H2,28,29,30,31,32,35). The molecule has 2 heterocycles. The quantitative estimate of drug-likeness (QED) is 0.335. The maximum atomic E-state index is 12.8. The second-order valence-corrected chi connectivity index (χ2v) is 9.30. The normalized spacial score (nSPS) is 14.1. The van der Waals surface area contributed by atoms with Gasteiger partial charge in [0.1, 0.15) is 0 Å². The molecule has 0 atom stereocenters. The van der Waals surface area contributed by atoms with E-state index in [-0.39, 0.29) is 5.95 Å². The number of benzene rings is 2. The molecule has 3 aromatic rings. The number of anilines is 2. The predicted octanol–water partition coefficient (Wildman–Crippen LogP) is 5.69. The molecule has 1 aliphatic heterocycles. The van der Waals surface area contributed by atoms with Crippen molar-refractivity contribution in [1.82, 2.24) is 20.2 Å². The van der Waals surface area contributed by atoms with Crippen LogP contribution in [0, 0.1) is 13.8 Å². The van der Waals surface area contributed by atoms with Crippen molar-refractivity contribution in [2.45, 2.75) is 13.8 Å². The van der Waals surface area contributed by atoms with E-state index < -0.39 is 6.03 Å². The summed E-state index contributed by atoms with van der Waals surface area (Å²) in [4.78, 5) is 30.5. The molecule has 2 aromatic carbocycles. The Labute approximate surface area is 218 Å². The maximum Gasteiger partial charge on any atom is 0.326 e. The second kappa shape index (κ2) is 11.1. The van der Waals surface area contributed by atoms with Crippen LogP contribution in [0.4, 0.5) is 22.1 Å². The molecular weight excluding hydrogens is 509 g/mol. The molecule has 35 heavy (non-hydrogen) atoms. The van der Waals surface area contributed by atoms with E-state index in [4.69, 9.17) is 34.8 Å². The van der Waals surface area contributed by atoms with Crippen LogP contribution in [0.2, 0.25) is 15.1 Å². The molecule has 0 radical (unpaired) electrons. The summed E-state index contributed by atoms with van der Waals surface area (Å²) in [6, 6.07) is 14.0. The lowest BCUT2D eigenvalue weighted by Gasteiger charge is -2.37. The highest BCUT2D eigenvalue weighted by atomic mass is 35.5. The third kappa shape index (κ3) is 6.75. The summed E-state index contributed by atoms with van der Waals surface area (Å²) in [6.45, 7) is 6.46. The molecule has 1 aliphatic rings. The Bertz CT molecular complexity index is 1240. The zero-order valence-electron chi connectivity index (χ0n) is 19.2. The predicted molar refractivity (Wildman–Crippen MR) is 142 cm³/mol. The number of halogens is 3. The highest BCUT2D eigenvalue weighted by molar-refractivity contribution is 6.42. The number of amides is 2. The third-order valence-electron chi connectivity index (χ3n) is 5.33. The number of rotatable bonds is 3. The van der Waals surface area contributed by atoms with Crippen molar-refractivity contribution in [1.29, 1.82) is 0 Å². The molecule has 1 fully saturated rings. The van der Waals surface area contributed by atoms with Crippen molar-refractivity contribution in [2.24, 2.45) is 4.99 Å². The average molecular weight is 533 g/mol. The molecule has 11 heteroatoms. The minimum Gasteiger partial charge on any atom is -0.368 e. The number of nitrogens with one attached hydrogen (secondary N) is 2. The first-order chi connectivity index (χ1) is 16.8. The van der Waals surface area contributed by atoms with Crippen LogP contribution in [0.3, 0.4) is 0 Å². The van der Waals surface area contributed by atoms with E-state index in [0.29, 0.717) is 39.8 Å². The Morgan fingerprint density at radius 1 is 0.914 bits per heavy atom. The van der Waals surface area contributed by atoms with E-state index in [0.717, 1.165) is 30.2 Å². The summed E-state index contributed by atoms with van der Waals surface area (Å²) in [6.07, 6.45) is 0. The Morgan fingerprint density at radius 2 is 1.63 bits per heavy atom. The number of nitrogens with zero attached hydrogens (tertiary/aromatic N) is 5. The number of aryl methyl sites for hydroxylation is 2.